The van der Waals surface area contributed by atoms with E-state index in [0.717, 1.165) is 5.56 Å². The molecule has 1 amide bonds. The van der Waals surface area contributed by atoms with Gasteiger partial charge >= 0.3 is 5.97 Å². The molecule has 2 rings (SSSR count). The minimum absolute atomic E-state index is 0.153. The third-order valence-electron chi connectivity index (χ3n) is 3.07. The quantitative estimate of drug-likeness (QED) is 0.772. The Kier molecular flexibility index (Phi) is 6.61. The monoisotopic (exact) mass is 382 g/mol. The highest BCUT2D eigenvalue weighted by atomic mass is 35.5. The molecule has 132 valence electrons. The summed E-state index contributed by atoms with van der Waals surface area (Å²) in [5.74, 6) is -0.530. The van der Waals surface area contributed by atoms with E-state index in [9.17, 15) is 9.59 Å². The van der Waals surface area contributed by atoms with Gasteiger partial charge in [-0.3, -0.25) is 4.79 Å². The third kappa shape index (κ3) is 5.92. The molecule has 0 bridgehead atoms. The van der Waals surface area contributed by atoms with Gasteiger partial charge in [-0.25, -0.2) is 9.78 Å². The van der Waals surface area contributed by atoms with Gasteiger partial charge in [-0.15, -0.1) is 0 Å². The Morgan fingerprint density at radius 2 is 1.88 bits per heavy atom. The smallest absolute Gasteiger partial charge is 0.344 e. The summed E-state index contributed by atoms with van der Waals surface area (Å²) in [5.41, 5.74) is 1.53. The fourth-order valence-corrected chi connectivity index (χ4v) is 2.26. The van der Waals surface area contributed by atoms with Crippen LogP contribution < -0.4 is 10.1 Å². The summed E-state index contributed by atoms with van der Waals surface area (Å²) < 4.78 is 10.1. The summed E-state index contributed by atoms with van der Waals surface area (Å²) in [4.78, 5) is 27.5. The maximum Gasteiger partial charge on any atom is 0.344 e. The van der Waals surface area contributed by atoms with E-state index in [1.165, 1.54) is 6.07 Å². The van der Waals surface area contributed by atoms with E-state index in [1.54, 1.807) is 19.1 Å². The highest BCUT2D eigenvalue weighted by Gasteiger charge is 2.12. The van der Waals surface area contributed by atoms with Crippen molar-refractivity contribution in [3.8, 4) is 5.75 Å². The lowest BCUT2D eigenvalue weighted by Gasteiger charge is -2.09. The van der Waals surface area contributed by atoms with Crippen LogP contribution in [0.2, 0.25) is 10.0 Å². The summed E-state index contributed by atoms with van der Waals surface area (Å²) in [6, 6.07) is 8.71. The van der Waals surface area contributed by atoms with Gasteiger partial charge in [-0.05, 0) is 37.6 Å². The second-order valence-electron chi connectivity index (χ2n) is 5.20. The van der Waals surface area contributed by atoms with E-state index in [1.807, 2.05) is 19.1 Å². The topological polar surface area (TPSA) is 77.5 Å². The number of carbonyl (C=O) groups excluding carboxylic acids is 2. The summed E-state index contributed by atoms with van der Waals surface area (Å²) in [6.45, 7) is 2.82. The SMILES string of the molecule is Cc1cccc(OCC(=O)OCC(=O)Nc2nc(C)c(Cl)cc2Cl)c1. The molecule has 1 aromatic carbocycles. The number of halogens is 2. The number of hydrogen-bond donors (Lipinski definition) is 1. The number of pyridine rings is 1. The first-order valence-corrected chi connectivity index (χ1v) is 8.08. The van der Waals surface area contributed by atoms with E-state index in [2.05, 4.69) is 10.3 Å². The number of benzene rings is 1. The number of rotatable bonds is 6. The predicted molar refractivity (Wildman–Crippen MR) is 95.3 cm³/mol. The van der Waals surface area contributed by atoms with E-state index in [-0.39, 0.29) is 17.4 Å². The molecule has 0 unspecified atom stereocenters. The van der Waals surface area contributed by atoms with Crippen molar-refractivity contribution in [3.05, 3.63) is 51.6 Å². The Labute approximate surface area is 155 Å². The lowest BCUT2D eigenvalue weighted by molar-refractivity contribution is -0.149. The van der Waals surface area contributed by atoms with Gasteiger partial charge in [0.1, 0.15) is 5.75 Å². The van der Waals surface area contributed by atoms with Crippen LogP contribution in [0.5, 0.6) is 5.75 Å². The van der Waals surface area contributed by atoms with Gasteiger partial charge in [0.05, 0.1) is 15.7 Å². The van der Waals surface area contributed by atoms with Crippen LogP contribution in [-0.4, -0.2) is 30.1 Å². The zero-order valence-electron chi connectivity index (χ0n) is 13.6. The van der Waals surface area contributed by atoms with Gasteiger partial charge in [0.2, 0.25) is 0 Å². The zero-order valence-corrected chi connectivity index (χ0v) is 15.1. The maximum absolute atomic E-state index is 11.8. The Bertz CT molecular complexity index is 796. The first kappa shape index (κ1) is 19.0. The summed E-state index contributed by atoms with van der Waals surface area (Å²) in [6.07, 6.45) is 0. The standard InChI is InChI=1S/C17H16Cl2N2O4/c1-10-4-3-5-12(6-10)24-9-16(23)25-8-15(22)21-17-14(19)7-13(18)11(2)20-17/h3-7H,8-9H2,1-2H3,(H,20,21,22). The first-order chi connectivity index (χ1) is 11.8. The molecule has 2 aromatic rings. The van der Waals surface area contributed by atoms with Crippen LogP contribution in [-0.2, 0) is 14.3 Å². The van der Waals surface area contributed by atoms with Gasteiger partial charge in [0.15, 0.2) is 19.0 Å². The van der Waals surface area contributed by atoms with Gasteiger partial charge in [-0.1, -0.05) is 35.3 Å². The number of amides is 1. The van der Waals surface area contributed by atoms with Gasteiger partial charge < -0.3 is 14.8 Å². The summed E-state index contributed by atoms with van der Waals surface area (Å²) in [7, 11) is 0. The van der Waals surface area contributed by atoms with Crippen molar-refractivity contribution in [2.75, 3.05) is 18.5 Å². The maximum atomic E-state index is 11.8. The fourth-order valence-electron chi connectivity index (χ4n) is 1.85. The lowest BCUT2D eigenvalue weighted by Crippen LogP contribution is -2.24. The van der Waals surface area contributed by atoms with Crippen molar-refractivity contribution < 1.29 is 19.1 Å². The molecule has 0 saturated carbocycles. The number of hydrogen-bond acceptors (Lipinski definition) is 5. The average molecular weight is 383 g/mol. The van der Waals surface area contributed by atoms with Crippen molar-refractivity contribution in [2.24, 2.45) is 0 Å². The van der Waals surface area contributed by atoms with Crippen LogP contribution in [0.1, 0.15) is 11.3 Å². The number of anilines is 1. The fraction of sp³-hybridized carbons (Fsp3) is 0.235. The molecule has 0 radical (unpaired) electrons. The van der Waals surface area contributed by atoms with Gasteiger partial charge in [0.25, 0.3) is 5.91 Å². The molecular formula is C17H16Cl2N2O4. The number of ether oxygens (including phenoxy) is 2. The molecule has 0 fully saturated rings. The molecule has 1 heterocycles. The number of esters is 1. The Morgan fingerprint density at radius 1 is 1.12 bits per heavy atom. The Hall–Kier alpha value is -2.31. The van der Waals surface area contributed by atoms with Crippen LogP contribution in [0.15, 0.2) is 30.3 Å². The van der Waals surface area contributed by atoms with Crippen molar-refractivity contribution in [1.82, 2.24) is 4.98 Å². The zero-order chi connectivity index (χ0) is 18.4. The number of carbonyl (C=O) groups is 2. The summed E-state index contributed by atoms with van der Waals surface area (Å²) in [5, 5.41) is 3.04. The van der Waals surface area contributed by atoms with Crippen LogP contribution in [0, 0.1) is 13.8 Å². The molecule has 0 aliphatic carbocycles. The van der Waals surface area contributed by atoms with Crippen LogP contribution in [0.4, 0.5) is 5.82 Å². The van der Waals surface area contributed by atoms with E-state index < -0.39 is 18.5 Å². The average Bonchev–Trinajstić information content (AvgIpc) is 2.56. The molecule has 0 aliphatic heterocycles. The van der Waals surface area contributed by atoms with Crippen molar-refractivity contribution in [1.29, 1.82) is 0 Å². The van der Waals surface area contributed by atoms with Gasteiger partial charge in [-0.2, -0.15) is 0 Å². The molecule has 0 aliphatic rings. The van der Waals surface area contributed by atoms with Crippen molar-refractivity contribution in [2.45, 2.75) is 13.8 Å². The molecule has 1 N–H and O–H groups in total. The number of nitrogens with one attached hydrogen (secondary N) is 1. The van der Waals surface area contributed by atoms with Crippen molar-refractivity contribution >= 4 is 40.9 Å². The highest BCUT2D eigenvalue weighted by Crippen LogP contribution is 2.25. The van der Waals surface area contributed by atoms with E-state index >= 15 is 0 Å². The van der Waals surface area contributed by atoms with Crippen LogP contribution in [0.25, 0.3) is 0 Å². The second-order valence-corrected chi connectivity index (χ2v) is 6.01. The Morgan fingerprint density at radius 3 is 2.60 bits per heavy atom. The molecule has 6 nitrogen and oxygen atoms in total. The molecule has 0 spiro atoms. The van der Waals surface area contributed by atoms with E-state index in [0.29, 0.717) is 16.5 Å². The molecular weight excluding hydrogens is 367 g/mol. The Balaban J connectivity index is 1.79. The molecule has 8 heteroatoms. The molecule has 0 atom stereocenters. The number of aryl methyl sites for hydroxylation is 2. The molecule has 25 heavy (non-hydrogen) atoms. The normalized spacial score (nSPS) is 10.2. The summed E-state index contributed by atoms with van der Waals surface area (Å²) >= 11 is 11.8. The van der Waals surface area contributed by atoms with Crippen LogP contribution in [0.3, 0.4) is 0 Å². The first-order valence-electron chi connectivity index (χ1n) is 7.32. The molecule has 1 aromatic heterocycles. The van der Waals surface area contributed by atoms with E-state index in [4.69, 9.17) is 32.7 Å². The highest BCUT2D eigenvalue weighted by molar-refractivity contribution is 6.36. The van der Waals surface area contributed by atoms with Crippen molar-refractivity contribution in [3.63, 3.8) is 0 Å². The second kappa shape index (κ2) is 8.69. The minimum atomic E-state index is -0.664. The molecule has 0 saturated heterocycles. The van der Waals surface area contributed by atoms with Crippen LogP contribution >= 0.6 is 23.2 Å². The lowest BCUT2D eigenvalue weighted by atomic mass is 10.2. The van der Waals surface area contributed by atoms with Gasteiger partial charge in [0, 0.05) is 0 Å². The third-order valence-corrected chi connectivity index (χ3v) is 3.74. The minimum Gasteiger partial charge on any atom is -0.482 e. The largest absolute Gasteiger partial charge is 0.482 e. The predicted octanol–water partition coefficient (Wildman–Crippen LogP) is 3.57. The number of aromatic nitrogens is 1. The number of nitrogens with zero attached hydrogens (tertiary/aromatic N) is 1.